The molecule has 0 bridgehead atoms. The van der Waals surface area contributed by atoms with Gasteiger partial charge in [0.15, 0.2) is 5.82 Å². The van der Waals surface area contributed by atoms with E-state index in [1.165, 1.54) is 36.4 Å². The van der Waals surface area contributed by atoms with Gasteiger partial charge in [-0.25, -0.2) is 9.97 Å². The van der Waals surface area contributed by atoms with Gasteiger partial charge in [0.05, 0.1) is 84.3 Å². The van der Waals surface area contributed by atoms with Gasteiger partial charge in [-0.05, 0) is 89.0 Å². The standard InChI is InChI=1S/C63H33F12N5/c64-60(65,66)40-21-25-42(48(31-40)62(70,71)72)38-19-23-46-44-15-7-9-17-52(44)79(54(46)29-38)56-27-35(34-76)28-57(58(56)59-77-50(36-11-3-1-4-12-36)33-51(78-59)37-13-5-2-6-14-37)80-53-18-10-8-16-45(53)47-24-20-39(30-55(47)80)43-26-22-41(61(67,68)69)32-49(43)63(73,74)75/h1-33H. The van der Waals surface area contributed by atoms with Gasteiger partial charge in [0.1, 0.15) is 0 Å². The van der Waals surface area contributed by atoms with Crippen LogP contribution in [-0.2, 0) is 24.7 Å². The lowest BCUT2D eigenvalue weighted by atomic mass is 9.95. The average Bonchev–Trinajstić information content (AvgIpc) is 4.10. The van der Waals surface area contributed by atoms with Crippen LogP contribution in [0.4, 0.5) is 52.7 Å². The highest BCUT2D eigenvalue weighted by Gasteiger charge is 2.40. The zero-order valence-electron chi connectivity index (χ0n) is 40.8. The number of para-hydroxylation sites is 2. The lowest BCUT2D eigenvalue weighted by molar-refractivity contribution is -0.144. The maximum absolute atomic E-state index is 14.9. The van der Waals surface area contributed by atoms with E-state index in [4.69, 9.17) is 9.97 Å². The molecule has 0 spiro atoms. The van der Waals surface area contributed by atoms with Gasteiger partial charge in [0, 0.05) is 32.7 Å². The van der Waals surface area contributed by atoms with Crippen molar-refractivity contribution in [2.75, 3.05) is 0 Å². The molecule has 9 aromatic carbocycles. The number of aromatic nitrogens is 4. The number of halogens is 12. The van der Waals surface area contributed by atoms with Crippen molar-refractivity contribution in [3.63, 3.8) is 0 Å². The average molecular weight is 1090 g/mol. The van der Waals surface area contributed by atoms with E-state index >= 15 is 0 Å². The molecule has 0 unspecified atom stereocenters. The first-order valence-corrected chi connectivity index (χ1v) is 24.4. The van der Waals surface area contributed by atoms with Crippen LogP contribution in [0.1, 0.15) is 27.8 Å². The first kappa shape index (κ1) is 51.1. The molecule has 12 aromatic rings. The molecule has 12 rings (SSSR count). The number of rotatable bonds is 7. The zero-order chi connectivity index (χ0) is 56.0. The topological polar surface area (TPSA) is 59.4 Å². The van der Waals surface area contributed by atoms with Gasteiger partial charge in [-0.15, -0.1) is 0 Å². The quantitative estimate of drug-likeness (QED) is 0.149. The lowest BCUT2D eigenvalue weighted by Crippen LogP contribution is -2.12. The van der Waals surface area contributed by atoms with Crippen molar-refractivity contribution >= 4 is 43.6 Å². The van der Waals surface area contributed by atoms with E-state index < -0.39 is 58.1 Å². The number of hydrogen-bond donors (Lipinski definition) is 0. The second-order valence-electron chi connectivity index (χ2n) is 18.9. The molecule has 394 valence electrons. The summed E-state index contributed by atoms with van der Waals surface area (Å²) in [6.45, 7) is 0. The number of alkyl halides is 12. The molecule has 0 aliphatic rings. The van der Waals surface area contributed by atoms with Gasteiger partial charge in [0.2, 0.25) is 0 Å². The molecule has 3 aromatic heterocycles. The summed E-state index contributed by atoms with van der Waals surface area (Å²) in [5.41, 5.74) is -3.26. The SMILES string of the molecule is N#Cc1cc(-n2c3ccccc3c3ccc(-c4ccc(C(F)(F)F)cc4C(F)(F)F)cc32)c(-c2nc(-c3ccccc3)cc(-c3ccccc3)n2)c(-n2c3ccccc3c3ccc(-c4ccc(C(F)(F)F)cc4C(F)(F)F)cc32)c1. The van der Waals surface area contributed by atoms with Crippen LogP contribution in [0.25, 0.3) is 111 Å². The number of benzene rings is 9. The second kappa shape index (κ2) is 18.8. The molecule has 17 heteroatoms. The Balaban J connectivity index is 1.24. The molecule has 0 aliphatic heterocycles. The van der Waals surface area contributed by atoms with Crippen LogP contribution >= 0.6 is 0 Å². The van der Waals surface area contributed by atoms with Crippen LogP contribution in [0, 0.1) is 11.3 Å². The molecular formula is C63H33F12N5. The van der Waals surface area contributed by atoms with Crippen LogP contribution < -0.4 is 0 Å². The minimum Gasteiger partial charge on any atom is -0.308 e. The number of nitrogens with zero attached hydrogens (tertiary/aromatic N) is 5. The van der Waals surface area contributed by atoms with Gasteiger partial charge in [-0.1, -0.05) is 133 Å². The molecule has 0 N–H and O–H groups in total. The Morgan fingerprint density at radius 1 is 0.350 bits per heavy atom. The monoisotopic (exact) mass is 1090 g/mol. The third-order valence-corrected chi connectivity index (χ3v) is 14.1. The fraction of sp³-hybridized carbons (Fsp3) is 0.0635. The summed E-state index contributed by atoms with van der Waals surface area (Å²) >= 11 is 0. The summed E-state index contributed by atoms with van der Waals surface area (Å²) in [5, 5.41) is 13.2. The molecular weight excluding hydrogens is 1050 g/mol. The third-order valence-electron chi connectivity index (χ3n) is 14.1. The van der Waals surface area contributed by atoms with Crippen molar-refractivity contribution in [3.05, 3.63) is 228 Å². The summed E-state index contributed by atoms with van der Waals surface area (Å²) in [6.07, 6.45) is -20.7. The van der Waals surface area contributed by atoms with Crippen LogP contribution in [0.5, 0.6) is 0 Å². The van der Waals surface area contributed by atoms with Gasteiger partial charge in [0.25, 0.3) is 0 Å². The summed E-state index contributed by atoms with van der Waals surface area (Å²) in [5.74, 6) is 0.0352. The molecule has 0 atom stereocenters. The Morgan fingerprint density at radius 3 is 1.12 bits per heavy atom. The highest BCUT2D eigenvalue weighted by Crippen LogP contribution is 2.48. The molecule has 80 heavy (non-hydrogen) atoms. The maximum atomic E-state index is 14.9. The van der Waals surface area contributed by atoms with Crippen LogP contribution in [0.15, 0.2) is 200 Å². The first-order chi connectivity index (χ1) is 38.2. The molecule has 0 saturated carbocycles. The minimum atomic E-state index is -5.23. The Labute approximate surface area is 445 Å². The Bertz CT molecular complexity index is 4210. The zero-order valence-corrected chi connectivity index (χ0v) is 40.8. The smallest absolute Gasteiger partial charge is 0.308 e. The van der Waals surface area contributed by atoms with E-state index in [1.54, 1.807) is 75.9 Å². The Morgan fingerprint density at radius 2 is 0.738 bits per heavy atom. The van der Waals surface area contributed by atoms with Crippen molar-refractivity contribution in [3.8, 4) is 73.6 Å². The van der Waals surface area contributed by atoms with Gasteiger partial charge in [-0.2, -0.15) is 57.9 Å². The molecule has 0 aliphatic carbocycles. The number of fused-ring (bicyclic) bond motifs is 6. The van der Waals surface area contributed by atoms with Crippen LogP contribution in [-0.4, -0.2) is 19.1 Å². The summed E-state index contributed by atoms with van der Waals surface area (Å²) in [7, 11) is 0. The molecule has 0 radical (unpaired) electrons. The second-order valence-corrected chi connectivity index (χ2v) is 18.9. The predicted molar refractivity (Wildman–Crippen MR) is 283 cm³/mol. The molecule has 0 amide bonds. The van der Waals surface area contributed by atoms with E-state index in [0.717, 1.165) is 12.1 Å². The van der Waals surface area contributed by atoms with Crippen molar-refractivity contribution in [2.24, 2.45) is 0 Å². The van der Waals surface area contributed by atoms with Crippen LogP contribution in [0.3, 0.4) is 0 Å². The van der Waals surface area contributed by atoms with Crippen LogP contribution in [0.2, 0.25) is 0 Å². The molecule has 0 fully saturated rings. The van der Waals surface area contributed by atoms with E-state index in [-0.39, 0.29) is 62.6 Å². The molecule has 5 nitrogen and oxygen atoms in total. The Hall–Kier alpha value is -9.69. The van der Waals surface area contributed by atoms with E-state index in [9.17, 15) is 57.9 Å². The number of nitriles is 1. The predicted octanol–water partition coefficient (Wildman–Crippen LogP) is 19.0. The number of hydrogen-bond acceptors (Lipinski definition) is 3. The molecule has 3 heterocycles. The van der Waals surface area contributed by atoms with Gasteiger partial charge in [-0.3, -0.25) is 0 Å². The lowest BCUT2D eigenvalue weighted by Gasteiger charge is -2.21. The largest absolute Gasteiger partial charge is 0.417 e. The van der Waals surface area contributed by atoms with Gasteiger partial charge < -0.3 is 9.13 Å². The van der Waals surface area contributed by atoms with E-state index in [1.807, 2.05) is 60.7 Å². The van der Waals surface area contributed by atoms with Crippen molar-refractivity contribution in [2.45, 2.75) is 24.7 Å². The fourth-order valence-electron chi connectivity index (χ4n) is 10.5. The van der Waals surface area contributed by atoms with Crippen molar-refractivity contribution in [1.29, 1.82) is 5.26 Å². The summed E-state index contributed by atoms with van der Waals surface area (Å²) in [6, 6.07) is 50.7. The third kappa shape index (κ3) is 8.92. The van der Waals surface area contributed by atoms with E-state index in [2.05, 4.69) is 6.07 Å². The molecule has 0 saturated heterocycles. The van der Waals surface area contributed by atoms with Crippen molar-refractivity contribution in [1.82, 2.24) is 19.1 Å². The van der Waals surface area contributed by atoms with E-state index in [0.29, 0.717) is 67.2 Å². The minimum absolute atomic E-state index is 0.00890. The summed E-state index contributed by atoms with van der Waals surface area (Å²) in [4.78, 5) is 10.5. The fourth-order valence-corrected chi connectivity index (χ4v) is 10.5. The first-order valence-electron chi connectivity index (χ1n) is 24.4. The normalized spacial score (nSPS) is 12.5. The van der Waals surface area contributed by atoms with Crippen molar-refractivity contribution < 1.29 is 52.7 Å². The highest BCUT2D eigenvalue weighted by atomic mass is 19.4. The summed E-state index contributed by atoms with van der Waals surface area (Å²) < 4.78 is 177. The highest BCUT2D eigenvalue weighted by molar-refractivity contribution is 6.13. The maximum Gasteiger partial charge on any atom is 0.417 e. The van der Waals surface area contributed by atoms with Gasteiger partial charge >= 0.3 is 24.7 Å². The Kier molecular flexibility index (Phi) is 12.0.